The van der Waals surface area contributed by atoms with Crippen molar-refractivity contribution in [2.24, 2.45) is 11.8 Å². The molecule has 0 saturated heterocycles. The Kier molecular flexibility index (Phi) is 2.01. The number of amides is 1. The Morgan fingerprint density at radius 3 is 2.50 bits per heavy atom. The molecule has 2 aliphatic rings. The highest BCUT2D eigenvalue weighted by molar-refractivity contribution is 5.87. The van der Waals surface area contributed by atoms with Gasteiger partial charge in [-0.1, -0.05) is 0 Å². The Bertz CT molecular complexity index is 289. The van der Waals surface area contributed by atoms with Gasteiger partial charge in [0.2, 0.25) is 5.91 Å². The minimum atomic E-state index is -0.950. The summed E-state index contributed by atoms with van der Waals surface area (Å²) < 4.78 is 0. The molecule has 1 amide bonds. The fraction of sp³-hybridized carbons (Fsp3) is 0.800. The van der Waals surface area contributed by atoms with Gasteiger partial charge in [0.25, 0.3) is 0 Å². The number of rotatable bonds is 2. The molecule has 3 atom stereocenters. The van der Waals surface area contributed by atoms with E-state index in [0.717, 1.165) is 19.3 Å². The lowest BCUT2D eigenvalue weighted by atomic mass is 9.81. The van der Waals surface area contributed by atoms with Crippen molar-refractivity contribution in [2.45, 2.75) is 38.1 Å². The van der Waals surface area contributed by atoms with Crippen molar-refractivity contribution in [3.8, 4) is 0 Å². The van der Waals surface area contributed by atoms with E-state index in [2.05, 4.69) is 5.32 Å². The normalized spacial score (nSPS) is 39.8. The van der Waals surface area contributed by atoms with Gasteiger partial charge in [-0.3, -0.25) is 4.79 Å². The molecule has 0 unspecified atom stereocenters. The second-order valence-corrected chi connectivity index (χ2v) is 4.54. The van der Waals surface area contributed by atoms with E-state index in [4.69, 9.17) is 0 Å². The predicted molar refractivity (Wildman–Crippen MR) is 49.6 cm³/mol. The van der Waals surface area contributed by atoms with Gasteiger partial charge in [-0.05, 0) is 37.5 Å². The molecule has 2 rings (SSSR count). The molecule has 2 saturated carbocycles. The lowest BCUT2D eigenvalue weighted by Gasteiger charge is -2.33. The molecule has 2 bridgehead atoms. The zero-order valence-corrected chi connectivity index (χ0v) is 8.25. The second kappa shape index (κ2) is 2.97. The Morgan fingerprint density at radius 1 is 1.43 bits per heavy atom. The van der Waals surface area contributed by atoms with Gasteiger partial charge in [-0.2, -0.15) is 0 Å². The van der Waals surface area contributed by atoms with Crippen LogP contribution in [-0.2, 0) is 9.59 Å². The number of carboxylic acids is 1. The third-order valence-corrected chi connectivity index (χ3v) is 3.63. The first kappa shape index (κ1) is 9.49. The third-order valence-electron chi connectivity index (χ3n) is 3.63. The summed E-state index contributed by atoms with van der Waals surface area (Å²) in [4.78, 5) is 22.2. The van der Waals surface area contributed by atoms with Crippen LogP contribution >= 0.6 is 0 Å². The highest BCUT2D eigenvalue weighted by Gasteiger charge is 2.56. The van der Waals surface area contributed by atoms with Crippen LogP contribution in [0.3, 0.4) is 0 Å². The molecule has 2 fully saturated rings. The van der Waals surface area contributed by atoms with Crippen LogP contribution in [0.2, 0.25) is 0 Å². The first-order valence-corrected chi connectivity index (χ1v) is 5.07. The molecule has 0 aliphatic heterocycles. The van der Waals surface area contributed by atoms with Crippen LogP contribution in [-0.4, -0.2) is 22.5 Å². The summed E-state index contributed by atoms with van der Waals surface area (Å²) in [7, 11) is 0. The SMILES string of the molecule is CC(=O)N[C@]1(C(=O)O)C[C@@H]2CC[C@H]1C2. The number of aliphatic carboxylic acids is 1. The number of fused-ring (bicyclic) bond motifs is 2. The molecule has 14 heavy (non-hydrogen) atoms. The van der Waals surface area contributed by atoms with Crippen molar-refractivity contribution in [2.75, 3.05) is 0 Å². The zero-order chi connectivity index (χ0) is 10.3. The van der Waals surface area contributed by atoms with Gasteiger partial charge >= 0.3 is 5.97 Å². The van der Waals surface area contributed by atoms with Gasteiger partial charge in [-0.15, -0.1) is 0 Å². The monoisotopic (exact) mass is 197 g/mol. The van der Waals surface area contributed by atoms with Gasteiger partial charge in [-0.25, -0.2) is 4.79 Å². The quantitative estimate of drug-likeness (QED) is 0.687. The van der Waals surface area contributed by atoms with Crippen LogP contribution in [0.4, 0.5) is 0 Å². The topological polar surface area (TPSA) is 66.4 Å². The summed E-state index contributed by atoms with van der Waals surface area (Å²) in [5.41, 5.74) is -0.950. The van der Waals surface area contributed by atoms with Gasteiger partial charge in [0, 0.05) is 6.92 Å². The summed E-state index contributed by atoms with van der Waals surface area (Å²) in [6.07, 6.45) is 3.65. The van der Waals surface area contributed by atoms with Crippen LogP contribution in [0, 0.1) is 11.8 Å². The van der Waals surface area contributed by atoms with Crippen LogP contribution in [0.5, 0.6) is 0 Å². The standard InChI is InChI=1S/C10H15NO3/c1-6(12)11-10(9(13)14)5-7-2-3-8(10)4-7/h7-8H,2-5H2,1H3,(H,11,12)(H,13,14)/t7-,8+,10-/m1/s1. The van der Waals surface area contributed by atoms with Crippen molar-refractivity contribution >= 4 is 11.9 Å². The summed E-state index contributed by atoms with van der Waals surface area (Å²) in [5, 5.41) is 11.9. The van der Waals surface area contributed by atoms with Crippen LogP contribution in [0.25, 0.3) is 0 Å². The van der Waals surface area contributed by atoms with E-state index in [-0.39, 0.29) is 11.8 Å². The maximum atomic E-state index is 11.2. The molecule has 78 valence electrons. The maximum absolute atomic E-state index is 11.2. The maximum Gasteiger partial charge on any atom is 0.329 e. The minimum absolute atomic E-state index is 0.147. The molecule has 0 aromatic rings. The van der Waals surface area contributed by atoms with Crippen molar-refractivity contribution in [1.29, 1.82) is 0 Å². The highest BCUT2D eigenvalue weighted by atomic mass is 16.4. The van der Waals surface area contributed by atoms with Crippen LogP contribution < -0.4 is 5.32 Å². The number of carboxylic acid groups (broad SMARTS) is 1. The van der Waals surface area contributed by atoms with Crippen LogP contribution in [0.15, 0.2) is 0 Å². The molecule has 2 N–H and O–H groups in total. The number of nitrogens with one attached hydrogen (secondary N) is 1. The first-order chi connectivity index (χ1) is 6.54. The Morgan fingerprint density at radius 2 is 2.14 bits per heavy atom. The van der Waals surface area contributed by atoms with E-state index < -0.39 is 11.5 Å². The molecule has 2 aliphatic carbocycles. The van der Waals surface area contributed by atoms with Crippen molar-refractivity contribution in [1.82, 2.24) is 5.32 Å². The molecule has 4 heteroatoms. The first-order valence-electron chi connectivity index (χ1n) is 5.07. The molecule has 0 aromatic carbocycles. The molecule has 4 nitrogen and oxygen atoms in total. The lowest BCUT2D eigenvalue weighted by molar-refractivity contribution is -0.150. The van der Waals surface area contributed by atoms with Gasteiger partial charge in [0.15, 0.2) is 0 Å². The van der Waals surface area contributed by atoms with Gasteiger partial charge in [0.05, 0.1) is 0 Å². The van der Waals surface area contributed by atoms with Crippen molar-refractivity contribution in [3.63, 3.8) is 0 Å². The fourth-order valence-corrected chi connectivity index (χ4v) is 3.11. The lowest BCUT2D eigenvalue weighted by Crippen LogP contribution is -2.57. The highest BCUT2D eigenvalue weighted by Crippen LogP contribution is 2.50. The number of carbonyl (C=O) groups is 2. The number of hydrogen-bond acceptors (Lipinski definition) is 2. The summed E-state index contributed by atoms with van der Waals surface area (Å²) >= 11 is 0. The molecule has 0 aromatic heterocycles. The van der Waals surface area contributed by atoms with E-state index in [1.807, 2.05) is 0 Å². The Hall–Kier alpha value is -1.06. The molecule has 0 radical (unpaired) electrons. The third kappa shape index (κ3) is 1.21. The molecular formula is C10H15NO3. The van der Waals surface area contributed by atoms with E-state index in [9.17, 15) is 14.7 Å². The molecular weight excluding hydrogens is 182 g/mol. The summed E-state index contributed by atoms with van der Waals surface area (Å²) in [6, 6.07) is 0. The summed E-state index contributed by atoms with van der Waals surface area (Å²) in [6.45, 7) is 1.39. The number of hydrogen-bond donors (Lipinski definition) is 2. The molecule has 0 spiro atoms. The van der Waals surface area contributed by atoms with E-state index in [0.29, 0.717) is 12.3 Å². The van der Waals surface area contributed by atoms with Gasteiger partial charge < -0.3 is 10.4 Å². The second-order valence-electron chi connectivity index (χ2n) is 4.54. The predicted octanol–water partition coefficient (Wildman–Crippen LogP) is 0.766. The average Bonchev–Trinajstić information content (AvgIpc) is 2.61. The molecule has 0 heterocycles. The van der Waals surface area contributed by atoms with Crippen molar-refractivity contribution in [3.05, 3.63) is 0 Å². The van der Waals surface area contributed by atoms with Crippen molar-refractivity contribution < 1.29 is 14.7 Å². The summed E-state index contributed by atoms with van der Waals surface area (Å²) in [5.74, 6) is -0.448. The smallest absolute Gasteiger partial charge is 0.329 e. The van der Waals surface area contributed by atoms with E-state index >= 15 is 0 Å². The van der Waals surface area contributed by atoms with Gasteiger partial charge in [0.1, 0.15) is 5.54 Å². The fourth-order valence-electron chi connectivity index (χ4n) is 3.11. The largest absolute Gasteiger partial charge is 0.479 e. The zero-order valence-electron chi connectivity index (χ0n) is 8.25. The number of carbonyl (C=O) groups excluding carboxylic acids is 1. The van der Waals surface area contributed by atoms with Crippen LogP contribution in [0.1, 0.15) is 32.6 Å². The van der Waals surface area contributed by atoms with E-state index in [1.165, 1.54) is 6.92 Å². The Labute approximate surface area is 82.7 Å². The minimum Gasteiger partial charge on any atom is -0.479 e. The average molecular weight is 197 g/mol. The Balaban J connectivity index is 2.24. The van der Waals surface area contributed by atoms with E-state index in [1.54, 1.807) is 0 Å².